The number of likely N-dealkylation sites (tertiary alicyclic amines) is 1. The normalized spacial score (nSPS) is 22.3. The number of nitrogens with zero attached hydrogens (tertiary/aromatic N) is 1. The molecule has 1 fully saturated rings. The van der Waals surface area contributed by atoms with Gasteiger partial charge in [-0.05, 0) is 25.5 Å². The number of hydrogen-bond donors (Lipinski definition) is 1. The molecule has 0 aliphatic carbocycles. The molecule has 0 radical (unpaired) electrons. The molecule has 1 atom stereocenters. The van der Waals surface area contributed by atoms with Crippen LogP contribution in [0.4, 0.5) is 0 Å². The molecular weight excluding hydrogens is 242 g/mol. The molecule has 2 rings (SSSR count). The van der Waals surface area contributed by atoms with Crippen LogP contribution < -0.4 is 4.74 Å². The highest BCUT2D eigenvalue weighted by atomic mass is 16.5. The minimum absolute atomic E-state index is 0.0996. The van der Waals surface area contributed by atoms with Crippen molar-refractivity contribution in [3.63, 3.8) is 0 Å². The van der Waals surface area contributed by atoms with Gasteiger partial charge in [0.1, 0.15) is 12.4 Å². The monoisotopic (exact) mass is 261 g/mol. The maximum Gasteiger partial charge on any atom is 0.257 e. The number of para-hydroxylation sites is 1. The van der Waals surface area contributed by atoms with Gasteiger partial charge in [0.15, 0.2) is 0 Å². The minimum Gasteiger partial charge on any atom is -0.489 e. The molecule has 0 saturated carbocycles. The number of carbonyl (C=O) groups excluding carboxylic acids is 1. The molecule has 1 saturated heterocycles. The first-order valence-corrected chi connectivity index (χ1v) is 6.38. The maximum absolute atomic E-state index is 12.4. The molecule has 1 heterocycles. The lowest BCUT2D eigenvalue weighted by molar-refractivity contribution is 0.0570. The van der Waals surface area contributed by atoms with E-state index in [1.54, 1.807) is 30.0 Å². The second-order valence-corrected chi connectivity index (χ2v) is 5.07. The molecule has 1 amide bonds. The Kier molecular flexibility index (Phi) is 3.90. The Morgan fingerprint density at radius 2 is 2.32 bits per heavy atom. The van der Waals surface area contributed by atoms with E-state index in [2.05, 4.69) is 6.58 Å². The quantitative estimate of drug-likeness (QED) is 0.841. The van der Waals surface area contributed by atoms with Crippen LogP contribution in [0.15, 0.2) is 36.9 Å². The molecule has 19 heavy (non-hydrogen) atoms. The molecule has 1 aliphatic rings. The van der Waals surface area contributed by atoms with E-state index in [4.69, 9.17) is 4.74 Å². The Morgan fingerprint density at radius 1 is 1.58 bits per heavy atom. The molecule has 1 aromatic rings. The second kappa shape index (κ2) is 5.45. The average molecular weight is 261 g/mol. The molecule has 0 aromatic heterocycles. The van der Waals surface area contributed by atoms with Crippen LogP contribution in [-0.4, -0.2) is 41.2 Å². The predicted molar refractivity (Wildman–Crippen MR) is 73.3 cm³/mol. The van der Waals surface area contributed by atoms with E-state index in [-0.39, 0.29) is 5.91 Å². The standard InChI is InChI=1S/C15H19NO3/c1-3-10-19-13-7-5-4-6-12(13)14(17)16-9-8-15(2,18)11-16/h3-7,18H,1,8-11H2,2H3. The highest BCUT2D eigenvalue weighted by Crippen LogP contribution is 2.25. The summed E-state index contributed by atoms with van der Waals surface area (Å²) in [5, 5.41) is 9.93. The van der Waals surface area contributed by atoms with Crippen LogP contribution in [0.25, 0.3) is 0 Å². The third kappa shape index (κ3) is 3.15. The van der Waals surface area contributed by atoms with Gasteiger partial charge in [0.25, 0.3) is 5.91 Å². The number of aliphatic hydroxyl groups is 1. The number of benzene rings is 1. The number of ether oxygens (including phenoxy) is 1. The molecular formula is C15H19NO3. The van der Waals surface area contributed by atoms with Gasteiger partial charge in [0.2, 0.25) is 0 Å². The van der Waals surface area contributed by atoms with Crippen molar-refractivity contribution in [1.29, 1.82) is 0 Å². The summed E-state index contributed by atoms with van der Waals surface area (Å²) in [5.41, 5.74) is -0.255. The van der Waals surface area contributed by atoms with Gasteiger partial charge >= 0.3 is 0 Å². The van der Waals surface area contributed by atoms with Crippen molar-refractivity contribution < 1.29 is 14.6 Å². The van der Waals surface area contributed by atoms with Gasteiger partial charge in [-0.15, -0.1) is 0 Å². The summed E-state index contributed by atoms with van der Waals surface area (Å²) < 4.78 is 5.49. The summed E-state index contributed by atoms with van der Waals surface area (Å²) in [7, 11) is 0. The van der Waals surface area contributed by atoms with E-state index >= 15 is 0 Å². The van der Waals surface area contributed by atoms with Crippen molar-refractivity contribution in [2.24, 2.45) is 0 Å². The van der Waals surface area contributed by atoms with Gasteiger partial charge in [-0.3, -0.25) is 4.79 Å². The number of rotatable bonds is 4. The summed E-state index contributed by atoms with van der Waals surface area (Å²) in [5.74, 6) is 0.455. The van der Waals surface area contributed by atoms with Crippen molar-refractivity contribution in [2.75, 3.05) is 19.7 Å². The smallest absolute Gasteiger partial charge is 0.257 e. The van der Waals surface area contributed by atoms with E-state index in [9.17, 15) is 9.90 Å². The van der Waals surface area contributed by atoms with Crippen molar-refractivity contribution >= 4 is 5.91 Å². The molecule has 1 unspecified atom stereocenters. The van der Waals surface area contributed by atoms with Gasteiger partial charge in [-0.25, -0.2) is 0 Å². The SMILES string of the molecule is C=CCOc1ccccc1C(=O)N1CCC(C)(O)C1. The lowest BCUT2D eigenvalue weighted by Gasteiger charge is -2.20. The van der Waals surface area contributed by atoms with Gasteiger partial charge in [0, 0.05) is 13.1 Å². The molecule has 1 aromatic carbocycles. The number of β-amino-alcohol motifs (C(OH)–C–C–N with tert-alkyl or cyclic N) is 1. The van der Waals surface area contributed by atoms with Crippen molar-refractivity contribution in [3.05, 3.63) is 42.5 Å². The van der Waals surface area contributed by atoms with Gasteiger partial charge in [0.05, 0.1) is 11.2 Å². The minimum atomic E-state index is -0.785. The number of amides is 1. The molecule has 102 valence electrons. The average Bonchev–Trinajstić information content (AvgIpc) is 2.76. The van der Waals surface area contributed by atoms with E-state index in [1.807, 2.05) is 12.1 Å². The van der Waals surface area contributed by atoms with Crippen LogP contribution in [0, 0.1) is 0 Å². The number of hydrogen-bond acceptors (Lipinski definition) is 3. The van der Waals surface area contributed by atoms with E-state index < -0.39 is 5.60 Å². The third-order valence-corrected chi connectivity index (χ3v) is 3.21. The highest BCUT2D eigenvalue weighted by Gasteiger charge is 2.34. The van der Waals surface area contributed by atoms with Crippen LogP contribution >= 0.6 is 0 Å². The van der Waals surface area contributed by atoms with Gasteiger partial charge in [-0.1, -0.05) is 24.8 Å². The Labute approximate surface area is 113 Å². The molecule has 4 nitrogen and oxygen atoms in total. The first-order valence-electron chi connectivity index (χ1n) is 6.38. The summed E-state index contributed by atoms with van der Waals surface area (Å²) in [4.78, 5) is 14.1. The predicted octanol–water partition coefficient (Wildman–Crippen LogP) is 1.85. The summed E-state index contributed by atoms with van der Waals surface area (Å²) >= 11 is 0. The summed E-state index contributed by atoms with van der Waals surface area (Å²) in [6, 6.07) is 7.15. The lowest BCUT2D eigenvalue weighted by atomic mass is 10.1. The Bertz CT molecular complexity index is 482. The number of carbonyl (C=O) groups is 1. The van der Waals surface area contributed by atoms with Crippen LogP contribution in [-0.2, 0) is 0 Å². The largest absolute Gasteiger partial charge is 0.489 e. The fourth-order valence-corrected chi connectivity index (χ4v) is 2.21. The molecule has 4 heteroatoms. The van der Waals surface area contributed by atoms with E-state index in [0.717, 1.165) is 0 Å². The Balaban J connectivity index is 2.17. The Morgan fingerprint density at radius 3 is 2.95 bits per heavy atom. The van der Waals surface area contributed by atoms with Crippen LogP contribution in [0.3, 0.4) is 0 Å². The fraction of sp³-hybridized carbons (Fsp3) is 0.400. The zero-order chi connectivity index (χ0) is 13.9. The van der Waals surface area contributed by atoms with Gasteiger partial charge in [-0.2, -0.15) is 0 Å². The molecule has 1 N–H and O–H groups in total. The topological polar surface area (TPSA) is 49.8 Å². The van der Waals surface area contributed by atoms with E-state index in [1.165, 1.54) is 0 Å². The van der Waals surface area contributed by atoms with Gasteiger partial charge < -0.3 is 14.7 Å². The van der Waals surface area contributed by atoms with Crippen LogP contribution in [0.1, 0.15) is 23.7 Å². The van der Waals surface area contributed by atoms with Crippen molar-refractivity contribution in [1.82, 2.24) is 4.90 Å². The molecule has 0 bridgehead atoms. The zero-order valence-corrected chi connectivity index (χ0v) is 11.1. The third-order valence-electron chi connectivity index (χ3n) is 3.21. The van der Waals surface area contributed by atoms with Crippen LogP contribution in [0.5, 0.6) is 5.75 Å². The zero-order valence-electron chi connectivity index (χ0n) is 11.1. The highest BCUT2D eigenvalue weighted by molar-refractivity contribution is 5.97. The van der Waals surface area contributed by atoms with Crippen molar-refractivity contribution in [3.8, 4) is 5.75 Å². The Hall–Kier alpha value is -1.81. The molecule has 1 aliphatic heterocycles. The summed E-state index contributed by atoms with van der Waals surface area (Å²) in [6.07, 6.45) is 2.25. The maximum atomic E-state index is 12.4. The van der Waals surface area contributed by atoms with Crippen molar-refractivity contribution in [2.45, 2.75) is 18.9 Å². The first-order chi connectivity index (χ1) is 9.03. The lowest BCUT2D eigenvalue weighted by Crippen LogP contribution is -2.34. The van der Waals surface area contributed by atoms with E-state index in [0.29, 0.717) is 37.4 Å². The first kappa shape index (κ1) is 13.6. The second-order valence-electron chi connectivity index (χ2n) is 5.07. The molecule has 0 spiro atoms. The van der Waals surface area contributed by atoms with Crippen LogP contribution in [0.2, 0.25) is 0 Å². The summed E-state index contributed by atoms with van der Waals surface area (Å²) in [6.45, 7) is 6.64. The fourth-order valence-electron chi connectivity index (χ4n) is 2.21.